The van der Waals surface area contributed by atoms with Gasteiger partial charge in [-0.15, -0.1) is 0 Å². The zero-order valence-electron chi connectivity index (χ0n) is 13.6. The highest BCUT2D eigenvalue weighted by Crippen LogP contribution is 2.32. The Labute approximate surface area is 142 Å². The SMILES string of the molecule is O=C(Nc1ccccc1)N1CC2CN(Cc3cccnc3)CC2C1. The van der Waals surface area contributed by atoms with Crippen LogP contribution in [-0.2, 0) is 6.54 Å². The van der Waals surface area contributed by atoms with Crippen LogP contribution in [-0.4, -0.2) is 47.0 Å². The molecule has 0 bridgehead atoms. The van der Waals surface area contributed by atoms with E-state index in [9.17, 15) is 4.79 Å². The summed E-state index contributed by atoms with van der Waals surface area (Å²) in [6.07, 6.45) is 3.75. The van der Waals surface area contributed by atoms with Crippen molar-refractivity contribution >= 4 is 11.7 Å². The van der Waals surface area contributed by atoms with Crippen LogP contribution in [0.25, 0.3) is 0 Å². The summed E-state index contributed by atoms with van der Waals surface area (Å²) < 4.78 is 0. The minimum Gasteiger partial charge on any atom is -0.324 e. The Morgan fingerprint density at radius 1 is 1.04 bits per heavy atom. The molecule has 2 aromatic rings. The number of amides is 2. The van der Waals surface area contributed by atoms with Gasteiger partial charge >= 0.3 is 6.03 Å². The van der Waals surface area contributed by atoms with Gasteiger partial charge in [-0.25, -0.2) is 4.79 Å². The predicted octanol–water partition coefficient (Wildman–Crippen LogP) is 2.68. The quantitative estimate of drug-likeness (QED) is 0.945. The number of nitrogens with one attached hydrogen (secondary N) is 1. The van der Waals surface area contributed by atoms with E-state index in [0.717, 1.165) is 38.4 Å². The van der Waals surface area contributed by atoms with Gasteiger partial charge in [0.1, 0.15) is 0 Å². The molecule has 1 aromatic heterocycles. The molecule has 3 heterocycles. The highest BCUT2D eigenvalue weighted by atomic mass is 16.2. The second kappa shape index (κ2) is 6.61. The second-order valence-corrected chi connectivity index (χ2v) is 6.78. The van der Waals surface area contributed by atoms with E-state index in [4.69, 9.17) is 0 Å². The van der Waals surface area contributed by atoms with Gasteiger partial charge in [0.25, 0.3) is 0 Å². The Hall–Kier alpha value is -2.40. The number of likely N-dealkylation sites (tertiary alicyclic amines) is 2. The molecule has 2 aliphatic rings. The number of urea groups is 1. The molecule has 5 nitrogen and oxygen atoms in total. The fourth-order valence-corrected chi connectivity index (χ4v) is 3.86. The number of nitrogens with zero attached hydrogens (tertiary/aromatic N) is 3. The van der Waals surface area contributed by atoms with E-state index in [1.165, 1.54) is 5.56 Å². The molecule has 0 radical (unpaired) electrons. The number of pyridine rings is 1. The van der Waals surface area contributed by atoms with Crippen LogP contribution < -0.4 is 5.32 Å². The molecule has 2 aliphatic heterocycles. The third kappa shape index (κ3) is 3.26. The van der Waals surface area contributed by atoms with Gasteiger partial charge in [-0.1, -0.05) is 24.3 Å². The van der Waals surface area contributed by atoms with Crippen molar-refractivity contribution < 1.29 is 4.79 Å². The lowest BCUT2D eigenvalue weighted by Gasteiger charge is -2.22. The lowest BCUT2D eigenvalue weighted by Crippen LogP contribution is -2.36. The molecule has 2 unspecified atom stereocenters. The first-order chi connectivity index (χ1) is 11.8. The molecule has 124 valence electrons. The van der Waals surface area contributed by atoms with E-state index in [0.29, 0.717) is 11.8 Å². The minimum absolute atomic E-state index is 0.0226. The van der Waals surface area contributed by atoms with Crippen LogP contribution in [0.1, 0.15) is 5.56 Å². The molecule has 2 amide bonds. The zero-order chi connectivity index (χ0) is 16.4. The average Bonchev–Trinajstić information content (AvgIpc) is 3.15. The molecule has 2 atom stereocenters. The maximum absolute atomic E-state index is 12.4. The first kappa shape index (κ1) is 15.1. The fourth-order valence-electron chi connectivity index (χ4n) is 3.86. The normalized spacial score (nSPS) is 23.2. The van der Waals surface area contributed by atoms with Gasteiger partial charge in [0.2, 0.25) is 0 Å². The summed E-state index contributed by atoms with van der Waals surface area (Å²) in [5.41, 5.74) is 2.12. The second-order valence-electron chi connectivity index (χ2n) is 6.78. The van der Waals surface area contributed by atoms with E-state index < -0.39 is 0 Å². The van der Waals surface area contributed by atoms with Gasteiger partial charge in [0, 0.05) is 50.8 Å². The van der Waals surface area contributed by atoms with E-state index >= 15 is 0 Å². The molecular formula is C19H22N4O. The number of para-hydroxylation sites is 1. The molecule has 0 saturated carbocycles. The smallest absolute Gasteiger partial charge is 0.321 e. The minimum atomic E-state index is 0.0226. The molecule has 0 aliphatic carbocycles. The number of hydrogen-bond donors (Lipinski definition) is 1. The highest BCUT2D eigenvalue weighted by Gasteiger charge is 2.41. The molecule has 4 rings (SSSR count). The van der Waals surface area contributed by atoms with E-state index in [1.54, 1.807) is 0 Å². The molecule has 1 N–H and O–H groups in total. The van der Waals surface area contributed by atoms with Crippen LogP contribution >= 0.6 is 0 Å². The van der Waals surface area contributed by atoms with Gasteiger partial charge < -0.3 is 10.2 Å². The summed E-state index contributed by atoms with van der Waals surface area (Å²) in [6, 6.07) is 13.8. The largest absolute Gasteiger partial charge is 0.324 e. The van der Waals surface area contributed by atoms with Crippen molar-refractivity contribution in [1.29, 1.82) is 0 Å². The summed E-state index contributed by atoms with van der Waals surface area (Å²) >= 11 is 0. The van der Waals surface area contributed by atoms with Crippen molar-refractivity contribution in [1.82, 2.24) is 14.8 Å². The van der Waals surface area contributed by atoms with Crippen LogP contribution in [0.5, 0.6) is 0 Å². The number of hydrogen-bond acceptors (Lipinski definition) is 3. The Kier molecular flexibility index (Phi) is 4.17. The van der Waals surface area contributed by atoms with Crippen LogP contribution in [0, 0.1) is 11.8 Å². The molecule has 2 saturated heterocycles. The van der Waals surface area contributed by atoms with Gasteiger partial charge in [-0.3, -0.25) is 9.88 Å². The third-order valence-corrected chi connectivity index (χ3v) is 5.00. The summed E-state index contributed by atoms with van der Waals surface area (Å²) in [7, 11) is 0. The van der Waals surface area contributed by atoms with Gasteiger partial charge in [0.05, 0.1) is 0 Å². The Morgan fingerprint density at radius 3 is 2.46 bits per heavy atom. The maximum atomic E-state index is 12.4. The number of aromatic nitrogens is 1. The number of carbonyl (C=O) groups is 1. The van der Waals surface area contributed by atoms with Crippen LogP contribution in [0.15, 0.2) is 54.9 Å². The average molecular weight is 322 g/mol. The molecule has 1 aromatic carbocycles. The number of anilines is 1. The monoisotopic (exact) mass is 322 g/mol. The van der Waals surface area contributed by atoms with Crippen molar-refractivity contribution in [2.24, 2.45) is 11.8 Å². The van der Waals surface area contributed by atoms with Gasteiger partial charge in [0.15, 0.2) is 0 Å². The molecule has 0 spiro atoms. The Morgan fingerprint density at radius 2 is 1.79 bits per heavy atom. The maximum Gasteiger partial charge on any atom is 0.321 e. The summed E-state index contributed by atoms with van der Waals surface area (Å²) in [6.45, 7) is 4.79. The fraction of sp³-hybridized carbons (Fsp3) is 0.368. The van der Waals surface area contributed by atoms with E-state index in [2.05, 4.69) is 21.3 Å². The number of rotatable bonds is 3. The third-order valence-electron chi connectivity index (χ3n) is 5.00. The Balaban J connectivity index is 1.30. The van der Waals surface area contributed by atoms with Crippen molar-refractivity contribution in [3.8, 4) is 0 Å². The lowest BCUT2D eigenvalue weighted by atomic mass is 10.0. The lowest BCUT2D eigenvalue weighted by molar-refractivity contribution is 0.212. The number of fused-ring (bicyclic) bond motifs is 1. The van der Waals surface area contributed by atoms with Crippen molar-refractivity contribution in [3.63, 3.8) is 0 Å². The standard InChI is InChI=1S/C19H22N4O/c24-19(21-18-6-2-1-3-7-18)23-13-16-11-22(12-17(16)14-23)10-15-5-4-8-20-9-15/h1-9,16-17H,10-14H2,(H,21,24). The molecule has 24 heavy (non-hydrogen) atoms. The summed E-state index contributed by atoms with van der Waals surface area (Å²) in [5.74, 6) is 1.17. The topological polar surface area (TPSA) is 48.5 Å². The van der Waals surface area contributed by atoms with Crippen molar-refractivity contribution in [2.75, 3.05) is 31.5 Å². The highest BCUT2D eigenvalue weighted by molar-refractivity contribution is 5.89. The first-order valence-electron chi connectivity index (χ1n) is 8.50. The van der Waals surface area contributed by atoms with Crippen LogP contribution in [0.2, 0.25) is 0 Å². The van der Waals surface area contributed by atoms with E-state index in [1.807, 2.05) is 53.7 Å². The van der Waals surface area contributed by atoms with Gasteiger partial charge in [-0.2, -0.15) is 0 Å². The van der Waals surface area contributed by atoms with Crippen LogP contribution in [0.3, 0.4) is 0 Å². The van der Waals surface area contributed by atoms with Crippen molar-refractivity contribution in [2.45, 2.75) is 6.54 Å². The number of carbonyl (C=O) groups excluding carboxylic acids is 1. The predicted molar refractivity (Wildman–Crippen MR) is 93.5 cm³/mol. The number of benzene rings is 1. The van der Waals surface area contributed by atoms with Crippen molar-refractivity contribution in [3.05, 3.63) is 60.4 Å². The zero-order valence-corrected chi connectivity index (χ0v) is 13.6. The molecular weight excluding hydrogens is 300 g/mol. The summed E-state index contributed by atoms with van der Waals surface area (Å²) in [5, 5.41) is 2.99. The summed E-state index contributed by atoms with van der Waals surface area (Å²) in [4.78, 5) is 21.0. The molecule has 5 heteroatoms. The Bertz CT molecular complexity index is 677. The first-order valence-corrected chi connectivity index (χ1v) is 8.50. The van der Waals surface area contributed by atoms with Gasteiger partial charge in [-0.05, 0) is 35.6 Å². The molecule has 2 fully saturated rings. The van der Waals surface area contributed by atoms with Crippen LogP contribution in [0.4, 0.5) is 10.5 Å². The van der Waals surface area contributed by atoms with E-state index in [-0.39, 0.29) is 6.03 Å².